The Balaban J connectivity index is 0.000000500. The molecule has 0 spiro atoms. The van der Waals surface area contributed by atoms with Crippen molar-refractivity contribution in [2.75, 3.05) is 0 Å². The minimum absolute atomic E-state index is 0.0219. The highest BCUT2D eigenvalue weighted by molar-refractivity contribution is 5.76. The smallest absolute Gasteiger partial charge is 0.390 e. The van der Waals surface area contributed by atoms with Crippen molar-refractivity contribution in [2.24, 2.45) is 5.92 Å². The Hall–Kier alpha value is -2.88. The van der Waals surface area contributed by atoms with Gasteiger partial charge < -0.3 is 5.11 Å². The standard InChI is InChI=1S/C14H11F3N4O3.C4H8/c15-14(16,17)8-3-1-7(2-4-8)5-21-11-10(9(6-22)20-21)12(23)19-13(24)18-11;1-4-2-3-4/h1-4,22H,5-6H2,(H2,18,19,23,24);4H,2-3H2,1H3. The average molecular weight is 396 g/mol. The summed E-state index contributed by atoms with van der Waals surface area (Å²) in [6.45, 7) is 1.78. The van der Waals surface area contributed by atoms with E-state index in [0.717, 1.165) is 18.1 Å². The quantitative estimate of drug-likeness (QED) is 0.632. The van der Waals surface area contributed by atoms with E-state index < -0.39 is 29.6 Å². The highest BCUT2D eigenvalue weighted by Crippen LogP contribution is 2.29. The van der Waals surface area contributed by atoms with Gasteiger partial charge in [-0.2, -0.15) is 18.3 Å². The molecule has 4 rings (SSSR count). The molecular weight excluding hydrogens is 377 g/mol. The van der Waals surface area contributed by atoms with E-state index in [1.54, 1.807) is 0 Å². The number of nitrogens with one attached hydrogen (secondary N) is 2. The van der Waals surface area contributed by atoms with Gasteiger partial charge in [0.2, 0.25) is 0 Å². The number of hydrogen-bond donors (Lipinski definition) is 3. The first kappa shape index (κ1) is 19.9. The third-order valence-electron chi connectivity index (χ3n) is 4.34. The van der Waals surface area contributed by atoms with Crippen molar-refractivity contribution in [3.63, 3.8) is 0 Å². The van der Waals surface area contributed by atoms with Crippen LogP contribution in [0.5, 0.6) is 0 Å². The van der Waals surface area contributed by atoms with Crippen LogP contribution < -0.4 is 11.2 Å². The molecule has 0 atom stereocenters. The van der Waals surface area contributed by atoms with Crippen LogP contribution in [0, 0.1) is 5.92 Å². The zero-order chi connectivity index (χ0) is 20.5. The summed E-state index contributed by atoms with van der Waals surface area (Å²) in [5, 5.41) is 13.4. The number of benzene rings is 1. The number of aliphatic hydroxyl groups excluding tert-OH is 1. The molecule has 2 heterocycles. The SMILES string of the molecule is CC1CC1.O=c1[nH]c(=O)c2c(CO)nn(Cc3ccc(C(F)(F)F)cc3)c2[nH]1. The molecule has 0 saturated heterocycles. The zero-order valence-electron chi connectivity index (χ0n) is 15.0. The molecule has 1 aliphatic carbocycles. The molecule has 28 heavy (non-hydrogen) atoms. The summed E-state index contributed by atoms with van der Waals surface area (Å²) in [6, 6.07) is 4.42. The van der Waals surface area contributed by atoms with Crippen molar-refractivity contribution in [1.82, 2.24) is 19.7 Å². The Kier molecular flexibility index (Phi) is 5.41. The fourth-order valence-corrected chi connectivity index (χ4v) is 2.55. The fraction of sp³-hybridized carbons (Fsp3) is 0.389. The van der Waals surface area contributed by atoms with Gasteiger partial charge in [0, 0.05) is 0 Å². The van der Waals surface area contributed by atoms with E-state index in [2.05, 4.69) is 17.0 Å². The number of halogens is 3. The zero-order valence-corrected chi connectivity index (χ0v) is 15.0. The van der Waals surface area contributed by atoms with Gasteiger partial charge in [0.25, 0.3) is 5.56 Å². The number of aliphatic hydroxyl groups is 1. The number of rotatable bonds is 3. The van der Waals surface area contributed by atoms with E-state index in [0.29, 0.717) is 5.56 Å². The van der Waals surface area contributed by atoms with E-state index in [9.17, 15) is 27.9 Å². The van der Waals surface area contributed by atoms with E-state index >= 15 is 0 Å². The van der Waals surface area contributed by atoms with Gasteiger partial charge in [0.1, 0.15) is 16.7 Å². The molecule has 0 radical (unpaired) electrons. The number of alkyl halides is 3. The van der Waals surface area contributed by atoms with Gasteiger partial charge in [-0.05, 0) is 23.6 Å². The number of nitrogens with zero attached hydrogens (tertiary/aromatic N) is 2. The van der Waals surface area contributed by atoms with Gasteiger partial charge in [-0.15, -0.1) is 0 Å². The predicted octanol–water partition coefficient (Wildman–Crippen LogP) is 2.39. The molecule has 3 aromatic rings. The Morgan fingerprint density at radius 3 is 2.29 bits per heavy atom. The topological polar surface area (TPSA) is 104 Å². The molecule has 0 amide bonds. The summed E-state index contributed by atoms with van der Waals surface area (Å²) in [4.78, 5) is 27.7. The van der Waals surface area contributed by atoms with E-state index in [1.807, 2.05) is 4.98 Å². The first-order valence-electron chi connectivity index (χ1n) is 8.68. The Morgan fingerprint density at radius 2 is 1.79 bits per heavy atom. The van der Waals surface area contributed by atoms with Crippen LogP contribution in [0.4, 0.5) is 13.2 Å². The largest absolute Gasteiger partial charge is 0.416 e. The summed E-state index contributed by atoms with van der Waals surface area (Å²) in [5.41, 5.74) is -1.58. The lowest BCUT2D eigenvalue weighted by molar-refractivity contribution is -0.137. The van der Waals surface area contributed by atoms with Crippen LogP contribution in [0.3, 0.4) is 0 Å². The second-order valence-electron chi connectivity index (χ2n) is 6.77. The first-order chi connectivity index (χ1) is 13.2. The minimum atomic E-state index is -4.43. The molecule has 7 nitrogen and oxygen atoms in total. The molecule has 0 bridgehead atoms. The number of aromatic amines is 2. The molecule has 10 heteroatoms. The lowest BCUT2D eigenvalue weighted by Crippen LogP contribution is -2.22. The van der Waals surface area contributed by atoms with Crippen molar-refractivity contribution in [3.8, 4) is 0 Å². The summed E-state index contributed by atoms with van der Waals surface area (Å²) in [5.74, 6) is 1.08. The normalized spacial score (nSPS) is 14.0. The maximum Gasteiger partial charge on any atom is 0.416 e. The second kappa shape index (κ2) is 7.63. The molecular formula is C18H19F3N4O3. The highest BCUT2D eigenvalue weighted by Gasteiger charge is 2.30. The molecule has 1 aromatic carbocycles. The number of aromatic nitrogens is 4. The summed E-state index contributed by atoms with van der Waals surface area (Å²) < 4.78 is 39.0. The molecule has 1 aliphatic rings. The van der Waals surface area contributed by atoms with E-state index in [1.165, 1.54) is 29.7 Å². The summed E-state index contributed by atoms with van der Waals surface area (Å²) in [6.07, 6.45) is -1.46. The monoisotopic (exact) mass is 396 g/mol. The van der Waals surface area contributed by atoms with Crippen molar-refractivity contribution in [2.45, 2.75) is 39.1 Å². The van der Waals surface area contributed by atoms with E-state index in [4.69, 9.17) is 0 Å². The van der Waals surface area contributed by atoms with Crippen LogP contribution in [-0.2, 0) is 19.3 Å². The van der Waals surface area contributed by atoms with E-state index in [-0.39, 0.29) is 23.3 Å². The Morgan fingerprint density at radius 1 is 1.18 bits per heavy atom. The fourth-order valence-electron chi connectivity index (χ4n) is 2.55. The molecule has 2 aromatic heterocycles. The number of hydrogen-bond acceptors (Lipinski definition) is 4. The van der Waals surface area contributed by atoms with Crippen LogP contribution in [0.25, 0.3) is 11.0 Å². The third-order valence-corrected chi connectivity index (χ3v) is 4.34. The van der Waals surface area contributed by atoms with Crippen molar-refractivity contribution in [3.05, 3.63) is 61.9 Å². The molecule has 0 unspecified atom stereocenters. The molecule has 0 aliphatic heterocycles. The molecule has 150 valence electrons. The summed E-state index contributed by atoms with van der Waals surface area (Å²) >= 11 is 0. The van der Waals surface area contributed by atoms with Crippen LogP contribution >= 0.6 is 0 Å². The van der Waals surface area contributed by atoms with Gasteiger partial charge in [-0.25, -0.2) is 9.48 Å². The Labute approximate surface area is 156 Å². The summed E-state index contributed by atoms with van der Waals surface area (Å²) in [7, 11) is 0. The molecule has 1 fully saturated rings. The van der Waals surface area contributed by atoms with Gasteiger partial charge in [0.05, 0.1) is 18.7 Å². The van der Waals surface area contributed by atoms with Gasteiger partial charge in [0.15, 0.2) is 0 Å². The average Bonchev–Trinajstić information content (AvgIpc) is 3.33. The third kappa shape index (κ3) is 4.50. The second-order valence-corrected chi connectivity index (χ2v) is 6.77. The maximum absolute atomic E-state index is 12.6. The van der Waals surface area contributed by atoms with Crippen LogP contribution in [0.15, 0.2) is 33.9 Å². The first-order valence-corrected chi connectivity index (χ1v) is 8.68. The van der Waals surface area contributed by atoms with Crippen LogP contribution in [0.2, 0.25) is 0 Å². The number of fused-ring (bicyclic) bond motifs is 1. The van der Waals surface area contributed by atoms with Gasteiger partial charge >= 0.3 is 11.9 Å². The van der Waals surface area contributed by atoms with Crippen molar-refractivity contribution < 1.29 is 18.3 Å². The molecule has 3 N–H and O–H groups in total. The molecule has 1 saturated carbocycles. The van der Waals surface area contributed by atoms with Crippen LogP contribution in [0.1, 0.15) is 36.6 Å². The minimum Gasteiger partial charge on any atom is -0.390 e. The lowest BCUT2D eigenvalue weighted by Gasteiger charge is -2.08. The van der Waals surface area contributed by atoms with Gasteiger partial charge in [-0.3, -0.25) is 14.8 Å². The van der Waals surface area contributed by atoms with Crippen molar-refractivity contribution in [1.29, 1.82) is 0 Å². The maximum atomic E-state index is 12.6. The predicted molar refractivity (Wildman–Crippen MR) is 95.8 cm³/mol. The number of H-pyrrole nitrogens is 2. The van der Waals surface area contributed by atoms with Crippen molar-refractivity contribution >= 4 is 11.0 Å². The Bertz CT molecular complexity index is 1080. The van der Waals surface area contributed by atoms with Gasteiger partial charge in [-0.1, -0.05) is 31.9 Å². The van der Waals surface area contributed by atoms with Crippen LogP contribution in [-0.4, -0.2) is 24.9 Å². The highest BCUT2D eigenvalue weighted by atomic mass is 19.4. The lowest BCUT2D eigenvalue weighted by atomic mass is 10.1.